The van der Waals surface area contributed by atoms with E-state index in [0.717, 1.165) is 32.1 Å². The Morgan fingerprint density at radius 2 is 1.34 bits per heavy atom. The summed E-state index contributed by atoms with van der Waals surface area (Å²) in [7, 11) is 0. The molecule has 1 aliphatic heterocycles. The number of amides is 1. The van der Waals surface area contributed by atoms with Gasteiger partial charge in [-0.15, -0.1) is 0 Å². The van der Waals surface area contributed by atoms with Gasteiger partial charge in [0, 0.05) is 13.0 Å². The lowest BCUT2D eigenvalue weighted by molar-refractivity contribution is -0.258. The van der Waals surface area contributed by atoms with Crippen LogP contribution in [0.5, 0.6) is 0 Å². The van der Waals surface area contributed by atoms with Crippen LogP contribution in [-0.4, -0.2) is 54.0 Å². The van der Waals surface area contributed by atoms with Crippen molar-refractivity contribution in [3.8, 4) is 0 Å². The van der Waals surface area contributed by atoms with E-state index in [1.165, 1.54) is 83.3 Å². The average Bonchev–Trinajstić information content (AvgIpc) is 2.96. The Labute approximate surface area is 251 Å². The predicted octanol–water partition coefficient (Wildman–Crippen LogP) is 7.92. The number of carbonyl (C=O) groups excluding carboxylic acids is 2. The molecule has 240 valence electrons. The molecule has 7 nitrogen and oxygen atoms in total. The summed E-state index contributed by atoms with van der Waals surface area (Å²) in [5, 5.41) is 14.0. The van der Waals surface area contributed by atoms with Crippen molar-refractivity contribution in [2.45, 2.75) is 187 Å². The van der Waals surface area contributed by atoms with Crippen molar-refractivity contribution in [1.82, 2.24) is 5.32 Å². The minimum Gasteiger partial charge on any atom is -0.471 e. The zero-order valence-electron chi connectivity index (χ0n) is 26.9. The molecule has 0 bridgehead atoms. The molecule has 7 heteroatoms. The van der Waals surface area contributed by atoms with Crippen LogP contribution in [-0.2, 0) is 23.8 Å². The van der Waals surface area contributed by atoms with E-state index < -0.39 is 30.6 Å². The van der Waals surface area contributed by atoms with Gasteiger partial charge in [0.25, 0.3) is 0 Å². The van der Waals surface area contributed by atoms with Gasteiger partial charge in [-0.1, -0.05) is 123 Å². The highest BCUT2D eigenvalue weighted by Gasteiger charge is 2.47. The Hall–Kier alpha value is -1.44. The minimum absolute atomic E-state index is 0.0588. The van der Waals surface area contributed by atoms with Gasteiger partial charge in [0.15, 0.2) is 0 Å². The molecular formula is C34H63NO6. The van der Waals surface area contributed by atoms with Crippen LogP contribution in [0.1, 0.15) is 156 Å². The summed E-state index contributed by atoms with van der Waals surface area (Å²) in [4.78, 5) is 25.5. The number of hydrogen-bond donors (Lipinski definition) is 2. The summed E-state index contributed by atoms with van der Waals surface area (Å²) >= 11 is 0. The standard InChI is InChI=1S/C34H63NO6/c1-5-9-11-13-15-17-18-20-22-24-28(36)27-30(37)35-31-33(39-26-23-21-19-16-14-12-10-6-2)32(38)29(8-4)41-34(31)40-25-7-3/h7,25,29,31-34,38H,5-6,8-24,26-27H2,1-4H3,(H,35,37)/b25-7-. The second-order valence-electron chi connectivity index (χ2n) is 11.7. The molecule has 0 aromatic rings. The van der Waals surface area contributed by atoms with Gasteiger partial charge in [-0.2, -0.15) is 0 Å². The molecule has 1 amide bonds. The number of hydrogen-bond acceptors (Lipinski definition) is 6. The van der Waals surface area contributed by atoms with Crippen LogP contribution in [0.25, 0.3) is 0 Å². The zero-order chi connectivity index (χ0) is 30.1. The van der Waals surface area contributed by atoms with E-state index in [9.17, 15) is 14.7 Å². The third-order valence-electron chi connectivity index (χ3n) is 7.98. The maximum Gasteiger partial charge on any atom is 0.227 e. The van der Waals surface area contributed by atoms with Gasteiger partial charge < -0.3 is 24.6 Å². The van der Waals surface area contributed by atoms with Crippen molar-refractivity contribution in [1.29, 1.82) is 0 Å². The number of allylic oxidation sites excluding steroid dienone is 1. The van der Waals surface area contributed by atoms with Crippen molar-refractivity contribution in [2.24, 2.45) is 0 Å². The lowest BCUT2D eigenvalue weighted by atomic mass is 9.94. The molecule has 2 N–H and O–H groups in total. The molecule has 1 rings (SSSR count). The number of nitrogens with one attached hydrogen (secondary N) is 1. The third-order valence-corrected chi connectivity index (χ3v) is 7.98. The first kappa shape index (κ1) is 37.6. The molecule has 1 saturated heterocycles. The summed E-state index contributed by atoms with van der Waals surface area (Å²) in [6, 6.07) is -0.717. The average molecular weight is 582 g/mol. The van der Waals surface area contributed by atoms with Crippen LogP contribution in [0.4, 0.5) is 0 Å². The van der Waals surface area contributed by atoms with E-state index in [1.54, 1.807) is 6.08 Å². The number of rotatable bonds is 26. The number of aliphatic hydroxyl groups is 1. The van der Waals surface area contributed by atoms with E-state index in [-0.39, 0.29) is 18.1 Å². The van der Waals surface area contributed by atoms with Gasteiger partial charge in [-0.25, -0.2) is 0 Å². The van der Waals surface area contributed by atoms with Gasteiger partial charge >= 0.3 is 0 Å². The molecule has 41 heavy (non-hydrogen) atoms. The highest BCUT2D eigenvalue weighted by molar-refractivity contribution is 5.98. The van der Waals surface area contributed by atoms with Crippen LogP contribution < -0.4 is 5.32 Å². The fourth-order valence-electron chi connectivity index (χ4n) is 5.47. The lowest BCUT2D eigenvalue weighted by Gasteiger charge is -2.44. The van der Waals surface area contributed by atoms with Crippen LogP contribution in [0.2, 0.25) is 0 Å². The monoisotopic (exact) mass is 581 g/mol. The lowest BCUT2D eigenvalue weighted by Crippen LogP contribution is -2.64. The second kappa shape index (κ2) is 25.1. The van der Waals surface area contributed by atoms with E-state index in [0.29, 0.717) is 19.4 Å². The fraction of sp³-hybridized carbons (Fsp3) is 0.882. The maximum atomic E-state index is 12.9. The molecular weight excluding hydrogens is 518 g/mol. The first-order valence-electron chi connectivity index (χ1n) is 17.0. The highest BCUT2D eigenvalue weighted by atomic mass is 16.7. The Bertz CT molecular complexity index is 684. The Morgan fingerprint density at radius 1 is 0.805 bits per heavy atom. The molecule has 5 atom stereocenters. The molecule has 0 radical (unpaired) electrons. The summed E-state index contributed by atoms with van der Waals surface area (Å²) in [5.41, 5.74) is 0. The summed E-state index contributed by atoms with van der Waals surface area (Å²) < 4.78 is 18.0. The third kappa shape index (κ3) is 17.3. The minimum atomic E-state index is -0.900. The predicted molar refractivity (Wildman–Crippen MR) is 167 cm³/mol. The van der Waals surface area contributed by atoms with Crippen molar-refractivity contribution < 1.29 is 28.9 Å². The van der Waals surface area contributed by atoms with Crippen LogP contribution in [0.3, 0.4) is 0 Å². The van der Waals surface area contributed by atoms with Gasteiger partial charge in [-0.05, 0) is 26.2 Å². The molecule has 0 aliphatic carbocycles. The quantitative estimate of drug-likeness (QED) is 0.0612. The summed E-state index contributed by atoms with van der Waals surface area (Å²) in [5.74, 6) is -0.437. The smallest absolute Gasteiger partial charge is 0.227 e. The maximum absolute atomic E-state index is 12.9. The number of unbranched alkanes of at least 4 members (excludes halogenated alkanes) is 15. The van der Waals surface area contributed by atoms with Gasteiger partial charge in [-0.3, -0.25) is 9.59 Å². The molecule has 0 aromatic carbocycles. The second-order valence-corrected chi connectivity index (χ2v) is 11.7. The topological polar surface area (TPSA) is 94.1 Å². The van der Waals surface area contributed by atoms with E-state index in [1.807, 2.05) is 13.8 Å². The molecule has 0 saturated carbocycles. The van der Waals surface area contributed by atoms with Gasteiger partial charge in [0.1, 0.15) is 24.0 Å². The first-order chi connectivity index (χ1) is 20.0. The van der Waals surface area contributed by atoms with E-state index in [4.69, 9.17) is 14.2 Å². The van der Waals surface area contributed by atoms with Crippen LogP contribution in [0.15, 0.2) is 12.3 Å². The van der Waals surface area contributed by atoms with Gasteiger partial charge in [0.2, 0.25) is 12.2 Å². The highest BCUT2D eigenvalue weighted by Crippen LogP contribution is 2.27. The molecule has 0 spiro atoms. The number of Topliss-reactive ketones (excluding diaryl/α,β-unsaturated/α-hetero) is 1. The number of aliphatic hydroxyl groups excluding tert-OH is 1. The first-order valence-corrected chi connectivity index (χ1v) is 17.0. The van der Waals surface area contributed by atoms with Crippen molar-refractivity contribution in [3.05, 3.63) is 12.3 Å². The normalized spacial score (nSPS) is 22.7. The van der Waals surface area contributed by atoms with Crippen LogP contribution in [0, 0.1) is 0 Å². The van der Waals surface area contributed by atoms with Gasteiger partial charge in [0.05, 0.1) is 18.8 Å². The number of ketones is 1. The molecule has 1 aliphatic rings. The molecule has 0 aromatic heterocycles. The summed E-state index contributed by atoms with van der Waals surface area (Å²) in [6.07, 6.45) is 21.5. The van der Waals surface area contributed by atoms with E-state index in [2.05, 4.69) is 19.2 Å². The fourth-order valence-corrected chi connectivity index (χ4v) is 5.47. The number of carbonyl (C=O) groups is 2. The van der Waals surface area contributed by atoms with Crippen LogP contribution >= 0.6 is 0 Å². The molecule has 5 unspecified atom stereocenters. The molecule has 1 heterocycles. The van der Waals surface area contributed by atoms with E-state index >= 15 is 0 Å². The Kier molecular flexibility index (Phi) is 23.0. The Balaban J connectivity index is 2.56. The Morgan fingerprint density at radius 3 is 1.88 bits per heavy atom. The number of ether oxygens (including phenoxy) is 3. The molecule has 1 fully saturated rings. The zero-order valence-corrected chi connectivity index (χ0v) is 26.9. The summed E-state index contributed by atoms with van der Waals surface area (Å²) in [6.45, 7) is 8.73. The van der Waals surface area contributed by atoms with Crippen molar-refractivity contribution in [3.63, 3.8) is 0 Å². The van der Waals surface area contributed by atoms with Crippen molar-refractivity contribution in [2.75, 3.05) is 6.61 Å². The largest absolute Gasteiger partial charge is 0.471 e. The van der Waals surface area contributed by atoms with Crippen molar-refractivity contribution >= 4 is 11.7 Å². The SMILES string of the molecule is C/C=C\OC1OC(CC)C(O)C(OCCCCCCCCCC)C1NC(=O)CC(=O)CCCCCCCCCCC.